The summed E-state index contributed by atoms with van der Waals surface area (Å²) in [7, 11) is 1.65. The van der Waals surface area contributed by atoms with E-state index in [1.807, 2.05) is 36.4 Å². The number of para-hydroxylation sites is 1. The topological polar surface area (TPSA) is 70.7 Å². The van der Waals surface area contributed by atoms with E-state index in [-0.39, 0.29) is 18.2 Å². The molecule has 0 spiro atoms. The fourth-order valence-electron chi connectivity index (χ4n) is 4.06. The Hall–Kier alpha value is -2.60. The second kappa shape index (κ2) is 11.6. The van der Waals surface area contributed by atoms with Gasteiger partial charge in [0, 0.05) is 31.7 Å². The molecule has 0 aromatic heterocycles. The molecule has 1 fully saturated rings. The predicted molar refractivity (Wildman–Crippen MR) is 119 cm³/mol. The SMILES string of the molecule is COc1ccccc1/C=C/CN1CCNC(=O)[C@H]1CC(=O)NCCC1=CCCCC1. The molecule has 162 valence electrons. The molecule has 0 radical (unpaired) electrons. The molecule has 1 heterocycles. The summed E-state index contributed by atoms with van der Waals surface area (Å²) in [6.07, 6.45) is 12.3. The van der Waals surface area contributed by atoms with E-state index in [9.17, 15) is 9.59 Å². The summed E-state index contributed by atoms with van der Waals surface area (Å²) < 4.78 is 5.37. The van der Waals surface area contributed by atoms with Gasteiger partial charge in [0.2, 0.25) is 11.8 Å². The van der Waals surface area contributed by atoms with Gasteiger partial charge in [-0.25, -0.2) is 0 Å². The zero-order valence-corrected chi connectivity index (χ0v) is 17.9. The summed E-state index contributed by atoms with van der Waals surface area (Å²) in [6.45, 7) is 2.59. The Bertz CT molecular complexity index is 788. The van der Waals surface area contributed by atoms with Crippen LogP contribution in [0.3, 0.4) is 0 Å². The summed E-state index contributed by atoms with van der Waals surface area (Å²) in [5.41, 5.74) is 2.44. The first-order valence-corrected chi connectivity index (χ1v) is 10.9. The van der Waals surface area contributed by atoms with Crippen molar-refractivity contribution in [2.75, 3.05) is 33.3 Å². The third kappa shape index (κ3) is 6.46. The van der Waals surface area contributed by atoms with E-state index in [2.05, 4.69) is 21.6 Å². The van der Waals surface area contributed by atoms with Crippen molar-refractivity contribution in [2.45, 2.75) is 44.6 Å². The van der Waals surface area contributed by atoms with Crippen molar-refractivity contribution < 1.29 is 14.3 Å². The quantitative estimate of drug-likeness (QED) is 0.613. The van der Waals surface area contributed by atoms with Gasteiger partial charge in [-0.2, -0.15) is 0 Å². The smallest absolute Gasteiger partial charge is 0.237 e. The predicted octanol–water partition coefficient (Wildman–Crippen LogP) is 2.91. The number of amides is 2. The number of carbonyl (C=O) groups is 2. The van der Waals surface area contributed by atoms with Gasteiger partial charge in [0.05, 0.1) is 19.6 Å². The molecular weight excluding hydrogens is 378 g/mol. The number of nitrogens with one attached hydrogen (secondary N) is 2. The van der Waals surface area contributed by atoms with Crippen LogP contribution >= 0.6 is 0 Å². The lowest BCUT2D eigenvalue weighted by molar-refractivity contribution is -0.133. The molecule has 6 heteroatoms. The van der Waals surface area contributed by atoms with E-state index in [0.717, 1.165) is 37.1 Å². The lowest BCUT2D eigenvalue weighted by Gasteiger charge is -2.33. The standard InChI is InChI=1S/C24H33N3O3/c1-30-22-12-6-5-10-20(22)11-7-16-27-17-15-26-24(29)21(27)18-23(28)25-14-13-19-8-3-2-4-9-19/h5-8,10-12,21H,2-4,9,13-18H2,1H3,(H,25,28)(H,26,29)/b11-7+/t21-/m1/s1. The third-order valence-corrected chi connectivity index (χ3v) is 5.75. The Labute approximate surface area is 179 Å². The molecule has 1 aliphatic heterocycles. The van der Waals surface area contributed by atoms with E-state index in [0.29, 0.717) is 19.6 Å². The molecule has 0 saturated carbocycles. The molecule has 2 aliphatic rings. The molecule has 6 nitrogen and oxygen atoms in total. The number of hydrogen-bond donors (Lipinski definition) is 2. The van der Waals surface area contributed by atoms with Gasteiger partial charge in [-0.1, -0.05) is 42.0 Å². The van der Waals surface area contributed by atoms with E-state index in [4.69, 9.17) is 4.74 Å². The molecule has 1 aliphatic carbocycles. The molecule has 2 N–H and O–H groups in total. The molecule has 30 heavy (non-hydrogen) atoms. The molecule has 1 saturated heterocycles. The number of rotatable bonds is 9. The summed E-state index contributed by atoms with van der Waals surface area (Å²) >= 11 is 0. The Morgan fingerprint density at radius 1 is 1.33 bits per heavy atom. The number of piperazine rings is 1. The minimum absolute atomic E-state index is 0.0628. The molecule has 1 aromatic rings. The number of allylic oxidation sites excluding steroid dienone is 1. The van der Waals surface area contributed by atoms with Crippen molar-refractivity contribution in [1.82, 2.24) is 15.5 Å². The zero-order chi connectivity index (χ0) is 21.2. The number of hydrogen-bond acceptors (Lipinski definition) is 4. The van der Waals surface area contributed by atoms with Crippen molar-refractivity contribution in [1.29, 1.82) is 0 Å². The van der Waals surface area contributed by atoms with Crippen LogP contribution < -0.4 is 15.4 Å². The first-order valence-electron chi connectivity index (χ1n) is 10.9. The van der Waals surface area contributed by atoms with Crippen LogP contribution in [0, 0.1) is 0 Å². The van der Waals surface area contributed by atoms with Crippen molar-refractivity contribution in [3.8, 4) is 5.75 Å². The van der Waals surface area contributed by atoms with Crippen LogP contribution in [0.15, 0.2) is 42.0 Å². The average molecular weight is 412 g/mol. The monoisotopic (exact) mass is 411 g/mol. The first-order chi connectivity index (χ1) is 14.7. The van der Waals surface area contributed by atoms with Gasteiger partial charge in [-0.15, -0.1) is 0 Å². The van der Waals surface area contributed by atoms with Gasteiger partial charge >= 0.3 is 0 Å². The summed E-state index contributed by atoms with van der Waals surface area (Å²) in [5, 5.41) is 5.88. The number of carbonyl (C=O) groups excluding carboxylic acids is 2. The highest BCUT2D eigenvalue weighted by atomic mass is 16.5. The van der Waals surface area contributed by atoms with Crippen molar-refractivity contribution >= 4 is 17.9 Å². The van der Waals surface area contributed by atoms with Crippen LogP contribution in [-0.2, 0) is 9.59 Å². The van der Waals surface area contributed by atoms with E-state index >= 15 is 0 Å². The van der Waals surface area contributed by atoms with Crippen LogP contribution in [0.2, 0.25) is 0 Å². The minimum Gasteiger partial charge on any atom is -0.496 e. The van der Waals surface area contributed by atoms with Crippen molar-refractivity contribution in [3.05, 3.63) is 47.6 Å². The van der Waals surface area contributed by atoms with Gasteiger partial charge in [0.15, 0.2) is 0 Å². The van der Waals surface area contributed by atoms with Gasteiger partial charge in [0.1, 0.15) is 5.75 Å². The highest BCUT2D eigenvalue weighted by Crippen LogP contribution is 2.20. The van der Waals surface area contributed by atoms with Gasteiger partial charge < -0.3 is 15.4 Å². The van der Waals surface area contributed by atoms with E-state index in [1.54, 1.807) is 7.11 Å². The number of methoxy groups -OCH3 is 1. The molecular formula is C24H33N3O3. The van der Waals surface area contributed by atoms with Crippen LogP contribution in [0.5, 0.6) is 5.75 Å². The summed E-state index contributed by atoms with van der Waals surface area (Å²) in [5.74, 6) is 0.679. The Morgan fingerprint density at radius 3 is 3.00 bits per heavy atom. The number of benzene rings is 1. The van der Waals surface area contributed by atoms with Gasteiger partial charge in [0.25, 0.3) is 0 Å². The largest absolute Gasteiger partial charge is 0.496 e. The first kappa shape index (κ1) is 22.1. The maximum Gasteiger partial charge on any atom is 0.237 e. The van der Waals surface area contributed by atoms with Crippen LogP contribution in [-0.4, -0.2) is 56.0 Å². The molecule has 2 amide bonds. The van der Waals surface area contributed by atoms with Gasteiger partial charge in [-0.05, 0) is 38.2 Å². The second-order valence-electron chi connectivity index (χ2n) is 7.86. The fourth-order valence-corrected chi connectivity index (χ4v) is 4.06. The molecule has 1 atom stereocenters. The second-order valence-corrected chi connectivity index (χ2v) is 7.86. The lowest BCUT2D eigenvalue weighted by Crippen LogP contribution is -2.56. The normalized spacial score (nSPS) is 20.0. The molecule has 0 unspecified atom stereocenters. The number of ether oxygens (including phenoxy) is 1. The molecule has 0 bridgehead atoms. The Kier molecular flexibility index (Phi) is 8.51. The fraction of sp³-hybridized carbons (Fsp3) is 0.500. The lowest BCUT2D eigenvalue weighted by atomic mass is 9.97. The molecule has 3 rings (SSSR count). The molecule has 1 aromatic carbocycles. The zero-order valence-electron chi connectivity index (χ0n) is 17.9. The third-order valence-electron chi connectivity index (χ3n) is 5.75. The van der Waals surface area contributed by atoms with Crippen molar-refractivity contribution in [2.24, 2.45) is 0 Å². The Balaban J connectivity index is 1.51. The minimum atomic E-state index is -0.435. The van der Waals surface area contributed by atoms with E-state index < -0.39 is 6.04 Å². The van der Waals surface area contributed by atoms with Crippen LogP contribution in [0.1, 0.15) is 44.1 Å². The van der Waals surface area contributed by atoms with E-state index in [1.165, 1.54) is 18.4 Å². The maximum absolute atomic E-state index is 12.5. The van der Waals surface area contributed by atoms with Gasteiger partial charge in [-0.3, -0.25) is 14.5 Å². The number of nitrogens with zero attached hydrogens (tertiary/aromatic N) is 1. The summed E-state index contributed by atoms with van der Waals surface area (Å²) in [6, 6.07) is 7.38. The summed E-state index contributed by atoms with van der Waals surface area (Å²) in [4.78, 5) is 26.9. The highest BCUT2D eigenvalue weighted by molar-refractivity contribution is 5.88. The Morgan fingerprint density at radius 2 is 2.20 bits per heavy atom. The maximum atomic E-state index is 12.5. The highest BCUT2D eigenvalue weighted by Gasteiger charge is 2.30. The van der Waals surface area contributed by atoms with Crippen LogP contribution in [0.4, 0.5) is 0 Å². The average Bonchev–Trinajstić information content (AvgIpc) is 2.77. The van der Waals surface area contributed by atoms with Crippen molar-refractivity contribution in [3.63, 3.8) is 0 Å². The van der Waals surface area contributed by atoms with Crippen LogP contribution in [0.25, 0.3) is 6.08 Å².